The third-order valence-electron chi connectivity index (χ3n) is 5.54. The summed E-state index contributed by atoms with van der Waals surface area (Å²) in [4.78, 5) is 14.0. The normalized spacial score (nSPS) is 16.9. The number of amides is 1. The molecule has 0 radical (unpaired) electrons. The minimum Gasteiger partial charge on any atom is -0.496 e. The SMILES string of the molecule is CCCNS(=O)(=O)N1CCC(CNC(=O)c2ccccc2OC)(c2cccs2)CC1. The maximum Gasteiger partial charge on any atom is 0.279 e. The van der Waals surface area contributed by atoms with Crippen LogP contribution < -0.4 is 14.8 Å². The summed E-state index contributed by atoms with van der Waals surface area (Å²) in [6, 6.07) is 11.2. The summed E-state index contributed by atoms with van der Waals surface area (Å²) in [5.41, 5.74) is 0.202. The van der Waals surface area contributed by atoms with Crippen molar-refractivity contribution in [3.63, 3.8) is 0 Å². The smallest absolute Gasteiger partial charge is 0.279 e. The second-order valence-electron chi connectivity index (χ2n) is 7.44. The average Bonchev–Trinajstić information content (AvgIpc) is 3.32. The Labute approximate surface area is 182 Å². The number of rotatable bonds is 9. The van der Waals surface area contributed by atoms with Crippen molar-refractivity contribution in [1.29, 1.82) is 0 Å². The fourth-order valence-electron chi connectivity index (χ4n) is 3.74. The van der Waals surface area contributed by atoms with Crippen molar-refractivity contribution in [2.45, 2.75) is 31.6 Å². The van der Waals surface area contributed by atoms with Gasteiger partial charge in [-0.15, -0.1) is 11.3 Å². The van der Waals surface area contributed by atoms with Crippen LogP contribution in [0.15, 0.2) is 41.8 Å². The summed E-state index contributed by atoms with van der Waals surface area (Å²) in [6.07, 6.45) is 2.04. The molecule has 1 amide bonds. The van der Waals surface area contributed by atoms with Gasteiger partial charge in [0.05, 0.1) is 12.7 Å². The van der Waals surface area contributed by atoms with E-state index in [0.717, 1.165) is 6.42 Å². The molecular formula is C21H29N3O4S2. The van der Waals surface area contributed by atoms with Crippen LogP contribution in [0, 0.1) is 0 Å². The standard InChI is InChI=1S/C21H29N3O4S2/c1-3-12-23-30(26,27)24-13-10-21(11-14-24,19-9-6-15-29-19)16-22-20(25)17-7-4-5-8-18(17)28-2/h4-9,15,23H,3,10-14,16H2,1-2H3,(H,22,25). The Balaban J connectivity index is 1.73. The largest absolute Gasteiger partial charge is 0.496 e. The number of nitrogens with one attached hydrogen (secondary N) is 2. The summed E-state index contributed by atoms with van der Waals surface area (Å²) < 4.78 is 34.4. The molecule has 9 heteroatoms. The molecule has 2 aromatic rings. The van der Waals surface area contributed by atoms with E-state index >= 15 is 0 Å². The average molecular weight is 452 g/mol. The molecule has 0 atom stereocenters. The highest BCUT2D eigenvalue weighted by atomic mass is 32.2. The first-order chi connectivity index (χ1) is 14.4. The van der Waals surface area contributed by atoms with Gasteiger partial charge in [-0.05, 0) is 42.8 Å². The van der Waals surface area contributed by atoms with Gasteiger partial charge in [0.25, 0.3) is 16.1 Å². The number of benzene rings is 1. The number of ether oxygens (including phenoxy) is 1. The Morgan fingerprint density at radius 2 is 1.93 bits per heavy atom. The molecule has 0 unspecified atom stereocenters. The van der Waals surface area contributed by atoms with E-state index in [9.17, 15) is 13.2 Å². The number of piperidine rings is 1. The van der Waals surface area contributed by atoms with E-state index < -0.39 is 10.2 Å². The Bertz CT molecular complexity index is 937. The summed E-state index contributed by atoms with van der Waals surface area (Å²) in [5.74, 6) is 0.339. The number of thiophene rings is 1. The van der Waals surface area contributed by atoms with Gasteiger partial charge in [-0.25, -0.2) is 4.72 Å². The quantitative estimate of drug-likeness (QED) is 0.614. The molecule has 164 valence electrons. The maximum atomic E-state index is 12.8. The first-order valence-corrected chi connectivity index (χ1v) is 12.4. The summed E-state index contributed by atoms with van der Waals surface area (Å²) >= 11 is 1.65. The number of nitrogens with zero attached hydrogens (tertiary/aromatic N) is 1. The fourth-order valence-corrected chi connectivity index (χ4v) is 6.04. The molecule has 3 rings (SSSR count). The Morgan fingerprint density at radius 1 is 1.20 bits per heavy atom. The molecule has 1 fully saturated rings. The van der Waals surface area contributed by atoms with Crippen molar-refractivity contribution in [2.75, 3.05) is 33.3 Å². The van der Waals surface area contributed by atoms with Crippen molar-refractivity contribution in [1.82, 2.24) is 14.3 Å². The molecule has 1 saturated heterocycles. The lowest BCUT2D eigenvalue weighted by atomic mass is 9.77. The van der Waals surface area contributed by atoms with Gasteiger partial charge in [0.1, 0.15) is 5.75 Å². The van der Waals surface area contributed by atoms with Crippen LogP contribution in [0.5, 0.6) is 5.75 Å². The van der Waals surface area contributed by atoms with Gasteiger partial charge >= 0.3 is 0 Å². The monoisotopic (exact) mass is 451 g/mol. The fraction of sp³-hybridized carbons (Fsp3) is 0.476. The molecule has 1 aromatic carbocycles. The van der Waals surface area contributed by atoms with Gasteiger partial charge in [-0.1, -0.05) is 25.1 Å². The van der Waals surface area contributed by atoms with Crippen molar-refractivity contribution in [3.8, 4) is 5.75 Å². The second-order valence-corrected chi connectivity index (χ2v) is 10.1. The van der Waals surface area contributed by atoms with Crippen LogP contribution in [0.1, 0.15) is 41.4 Å². The first kappa shape index (κ1) is 22.7. The molecule has 1 aliphatic heterocycles. The van der Waals surface area contributed by atoms with E-state index in [1.54, 1.807) is 36.6 Å². The number of hydrogen-bond acceptors (Lipinski definition) is 5. The lowest BCUT2D eigenvalue weighted by Gasteiger charge is -2.41. The number of para-hydroxylation sites is 1. The lowest BCUT2D eigenvalue weighted by Crippen LogP contribution is -2.52. The molecule has 1 aliphatic rings. The van der Waals surface area contributed by atoms with Crippen molar-refractivity contribution < 1.29 is 17.9 Å². The summed E-state index contributed by atoms with van der Waals surface area (Å²) in [7, 11) is -1.92. The number of hydrogen-bond donors (Lipinski definition) is 2. The molecule has 0 bridgehead atoms. The van der Waals surface area contributed by atoms with Gasteiger partial charge in [0.2, 0.25) is 0 Å². The molecule has 0 spiro atoms. The number of carbonyl (C=O) groups excluding carboxylic acids is 1. The van der Waals surface area contributed by atoms with Gasteiger partial charge in [-0.3, -0.25) is 4.79 Å². The van der Waals surface area contributed by atoms with E-state index in [1.807, 2.05) is 24.4 Å². The molecular weight excluding hydrogens is 422 g/mol. The Morgan fingerprint density at radius 3 is 2.57 bits per heavy atom. The van der Waals surface area contributed by atoms with E-state index in [4.69, 9.17) is 4.74 Å². The maximum absolute atomic E-state index is 12.8. The van der Waals surface area contributed by atoms with Crippen molar-refractivity contribution in [3.05, 3.63) is 52.2 Å². The Kier molecular flexibility index (Phi) is 7.51. The first-order valence-electron chi connectivity index (χ1n) is 10.1. The van der Waals surface area contributed by atoms with Gasteiger partial charge < -0.3 is 10.1 Å². The zero-order chi connectivity index (χ0) is 21.6. The van der Waals surface area contributed by atoms with Crippen LogP contribution in [-0.2, 0) is 15.6 Å². The molecule has 7 nitrogen and oxygen atoms in total. The second kappa shape index (κ2) is 9.91. The van der Waals surface area contributed by atoms with Crippen LogP contribution in [0.4, 0.5) is 0 Å². The third-order valence-corrected chi connectivity index (χ3v) is 8.27. The molecule has 2 heterocycles. The van der Waals surface area contributed by atoms with Crippen LogP contribution in [-0.4, -0.2) is 51.9 Å². The van der Waals surface area contributed by atoms with Crippen LogP contribution in [0.3, 0.4) is 0 Å². The molecule has 2 N–H and O–H groups in total. The van der Waals surface area contributed by atoms with Crippen molar-refractivity contribution in [2.24, 2.45) is 0 Å². The van der Waals surface area contributed by atoms with Gasteiger partial charge in [0, 0.05) is 36.5 Å². The zero-order valence-corrected chi connectivity index (χ0v) is 19.0. The highest BCUT2D eigenvalue weighted by Gasteiger charge is 2.40. The van der Waals surface area contributed by atoms with Crippen LogP contribution >= 0.6 is 11.3 Å². The van der Waals surface area contributed by atoms with Gasteiger partial charge in [0.15, 0.2) is 0 Å². The Hall–Kier alpha value is -1.94. The van der Waals surface area contributed by atoms with E-state index in [1.165, 1.54) is 9.18 Å². The van der Waals surface area contributed by atoms with Crippen molar-refractivity contribution >= 4 is 27.5 Å². The highest BCUT2D eigenvalue weighted by molar-refractivity contribution is 7.87. The molecule has 0 aliphatic carbocycles. The predicted octanol–water partition coefficient (Wildman–Crippen LogP) is 2.76. The minimum atomic E-state index is -3.46. The van der Waals surface area contributed by atoms with Crippen LogP contribution in [0.2, 0.25) is 0 Å². The summed E-state index contributed by atoms with van der Waals surface area (Å²) in [6.45, 7) is 3.65. The third kappa shape index (κ3) is 5.03. The predicted molar refractivity (Wildman–Crippen MR) is 119 cm³/mol. The van der Waals surface area contributed by atoms with Crippen LogP contribution in [0.25, 0.3) is 0 Å². The molecule has 1 aromatic heterocycles. The van der Waals surface area contributed by atoms with E-state index in [-0.39, 0.29) is 11.3 Å². The highest BCUT2D eigenvalue weighted by Crippen LogP contribution is 2.38. The minimum absolute atomic E-state index is 0.192. The number of carbonyl (C=O) groups is 1. The summed E-state index contributed by atoms with van der Waals surface area (Å²) in [5, 5.41) is 5.08. The van der Waals surface area contributed by atoms with Gasteiger partial charge in [-0.2, -0.15) is 12.7 Å². The van der Waals surface area contributed by atoms with E-state index in [0.29, 0.717) is 50.3 Å². The van der Waals surface area contributed by atoms with E-state index in [2.05, 4.69) is 16.1 Å². The topological polar surface area (TPSA) is 87.7 Å². The molecule has 30 heavy (non-hydrogen) atoms. The lowest BCUT2D eigenvalue weighted by molar-refractivity contribution is 0.0930. The number of methoxy groups -OCH3 is 1. The zero-order valence-electron chi connectivity index (χ0n) is 17.4. The molecule has 0 saturated carbocycles.